The van der Waals surface area contributed by atoms with Crippen molar-refractivity contribution in [2.75, 3.05) is 22.3 Å². The minimum absolute atomic E-state index is 0.0774. The Morgan fingerprint density at radius 2 is 1.63 bits per heavy atom. The van der Waals surface area contributed by atoms with Gasteiger partial charge in [0.15, 0.2) is 0 Å². The van der Waals surface area contributed by atoms with Crippen molar-refractivity contribution in [2.24, 2.45) is 5.73 Å². The molecule has 7 nitrogen and oxygen atoms in total. The van der Waals surface area contributed by atoms with Crippen LogP contribution in [-0.2, 0) is 26.6 Å². The second-order valence-electron chi connectivity index (χ2n) is 6.52. The van der Waals surface area contributed by atoms with Gasteiger partial charge in [0.05, 0.1) is 22.5 Å². The van der Waals surface area contributed by atoms with Crippen LogP contribution < -0.4 is 14.8 Å². The smallest absolute Gasteiger partial charge is 0.264 e. The van der Waals surface area contributed by atoms with E-state index < -0.39 is 20.0 Å². The first-order chi connectivity index (χ1) is 12.4. The summed E-state index contributed by atoms with van der Waals surface area (Å²) in [6, 6.07) is 8.66. The minimum atomic E-state index is -3.94. The molecule has 0 aliphatic carbocycles. The lowest BCUT2D eigenvalue weighted by Gasteiger charge is -2.25. The van der Waals surface area contributed by atoms with Gasteiger partial charge in [-0.2, -0.15) is 0 Å². The first kappa shape index (κ1) is 21.2. The highest BCUT2D eigenvalue weighted by molar-refractivity contribution is 7.93. The molecule has 0 atom stereocenters. The molecule has 0 aromatic heterocycles. The Morgan fingerprint density at radius 3 is 2.19 bits per heavy atom. The Labute approximate surface area is 161 Å². The van der Waals surface area contributed by atoms with Gasteiger partial charge in [0.25, 0.3) is 10.0 Å². The van der Waals surface area contributed by atoms with E-state index in [1.807, 2.05) is 0 Å². The molecule has 2 aromatic carbocycles. The number of para-hydroxylation sites is 1. The van der Waals surface area contributed by atoms with Crippen LogP contribution >= 0.6 is 0 Å². The third-order valence-electron chi connectivity index (χ3n) is 4.36. The van der Waals surface area contributed by atoms with E-state index in [4.69, 9.17) is 5.73 Å². The van der Waals surface area contributed by atoms with Crippen molar-refractivity contribution in [3.8, 4) is 0 Å². The van der Waals surface area contributed by atoms with Gasteiger partial charge in [0.1, 0.15) is 0 Å². The molecule has 9 heteroatoms. The van der Waals surface area contributed by atoms with Crippen molar-refractivity contribution >= 4 is 31.4 Å². The third-order valence-corrected chi connectivity index (χ3v) is 6.99. The second-order valence-corrected chi connectivity index (χ2v) is 10.2. The van der Waals surface area contributed by atoms with Crippen molar-refractivity contribution < 1.29 is 16.8 Å². The molecule has 0 aliphatic heterocycles. The van der Waals surface area contributed by atoms with Crippen LogP contribution in [0.2, 0.25) is 0 Å². The number of anilines is 2. The summed E-state index contributed by atoms with van der Waals surface area (Å²) in [4.78, 5) is 0.0774. The molecular weight excluding hydrogens is 386 g/mol. The van der Waals surface area contributed by atoms with E-state index in [-0.39, 0.29) is 17.1 Å². The monoisotopic (exact) mass is 411 g/mol. The number of benzene rings is 2. The summed E-state index contributed by atoms with van der Waals surface area (Å²) in [7, 11) is -6.03. The molecule has 0 saturated heterocycles. The maximum absolute atomic E-state index is 13.4. The van der Waals surface area contributed by atoms with Gasteiger partial charge in [0, 0.05) is 13.6 Å². The molecule has 2 rings (SSSR count). The summed E-state index contributed by atoms with van der Waals surface area (Å²) in [6.07, 6.45) is 1.03. The fraction of sp³-hybridized carbons (Fsp3) is 0.333. The molecule has 0 unspecified atom stereocenters. The zero-order valence-corrected chi connectivity index (χ0v) is 17.7. The molecule has 0 spiro atoms. The van der Waals surface area contributed by atoms with E-state index in [9.17, 15) is 16.8 Å². The molecule has 148 valence electrons. The Morgan fingerprint density at radius 1 is 1.04 bits per heavy atom. The molecule has 0 aliphatic rings. The van der Waals surface area contributed by atoms with Crippen LogP contribution in [0.1, 0.15) is 22.3 Å². The van der Waals surface area contributed by atoms with E-state index in [0.717, 1.165) is 6.26 Å². The Kier molecular flexibility index (Phi) is 5.88. The van der Waals surface area contributed by atoms with Crippen LogP contribution in [0.25, 0.3) is 0 Å². The van der Waals surface area contributed by atoms with Gasteiger partial charge < -0.3 is 5.73 Å². The SMILES string of the molecule is Cc1cc(C)c(S(=O)(=O)N(C)c2ccccc2CN)c(C)c1NS(C)(=O)=O. The lowest BCUT2D eigenvalue weighted by Crippen LogP contribution is -2.29. The molecule has 27 heavy (non-hydrogen) atoms. The number of hydrogen-bond donors (Lipinski definition) is 2. The van der Waals surface area contributed by atoms with Gasteiger partial charge in [-0.1, -0.05) is 24.3 Å². The Hall–Kier alpha value is -2.10. The zero-order chi connectivity index (χ0) is 20.6. The molecular formula is C18H25N3O4S2. The fourth-order valence-corrected chi connectivity index (χ4v) is 5.51. The number of nitrogens with zero attached hydrogens (tertiary/aromatic N) is 1. The van der Waals surface area contributed by atoms with Crippen molar-refractivity contribution in [3.63, 3.8) is 0 Å². The summed E-state index contributed by atoms with van der Waals surface area (Å²) in [5.41, 5.74) is 8.75. The fourth-order valence-electron chi connectivity index (χ4n) is 3.16. The highest BCUT2D eigenvalue weighted by Crippen LogP contribution is 2.34. The number of aryl methyl sites for hydroxylation is 2. The molecule has 0 fully saturated rings. The molecule has 0 amide bonds. The summed E-state index contributed by atoms with van der Waals surface area (Å²) in [5.74, 6) is 0. The topological polar surface area (TPSA) is 110 Å². The standard InChI is InChI=1S/C18H25N3O4S2/c1-12-10-13(2)18(14(3)17(12)20-26(5,22)23)27(24,25)21(4)16-9-7-6-8-15(16)11-19/h6-10,20H,11,19H2,1-5H3. The summed E-state index contributed by atoms with van der Waals surface area (Å²) in [6.45, 7) is 5.23. The largest absolute Gasteiger partial charge is 0.326 e. The summed E-state index contributed by atoms with van der Waals surface area (Å²) >= 11 is 0. The zero-order valence-electron chi connectivity index (χ0n) is 16.1. The normalized spacial score (nSPS) is 12.1. The van der Waals surface area contributed by atoms with Gasteiger partial charge in [-0.05, 0) is 49.1 Å². The molecule has 0 bridgehead atoms. The van der Waals surface area contributed by atoms with E-state index in [1.54, 1.807) is 51.1 Å². The maximum Gasteiger partial charge on any atom is 0.264 e. The van der Waals surface area contributed by atoms with Crippen LogP contribution in [0.15, 0.2) is 35.2 Å². The number of sulfonamides is 2. The molecule has 3 N–H and O–H groups in total. The van der Waals surface area contributed by atoms with Gasteiger partial charge in [-0.25, -0.2) is 16.8 Å². The lowest BCUT2D eigenvalue weighted by molar-refractivity contribution is 0.592. The molecule has 2 aromatic rings. The van der Waals surface area contributed by atoms with Crippen molar-refractivity contribution in [3.05, 3.63) is 52.6 Å². The van der Waals surface area contributed by atoms with Crippen LogP contribution in [0.3, 0.4) is 0 Å². The van der Waals surface area contributed by atoms with Crippen molar-refractivity contribution in [1.82, 2.24) is 0 Å². The second kappa shape index (κ2) is 7.49. The van der Waals surface area contributed by atoms with E-state index >= 15 is 0 Å². The molecule has 0 heterocycles. The van der Waals surface area contributed by atoms with Gasteiger partial charge >= 0.3 is 0 Å². The maximum atomic E-state index is 13.4. The molecule has 0 radical (unpaired) electrons. The average Bonchev–Trinajstić information content (AvgIpc) is 2.56. The van der Waals surface area contributed by atoms with Crippen LogP contribution in [-0.4, -0.2) is 30.1 Å². The van der Waals surface area contributed by atoms with Gasteiger partial charge in [-0.15, -0.1) is 0 Å². The third kappa shape index (κ3) is 4.26. The summed E-state index contributed by atoms with van der Waals surface area (Å²) in [5, 5.41) is 0. The lowest BCUT2D eigenvalue weighted by atomic mass is 10.1. The number of rotatable bonds is 6. The van der Waals surface area contributed by atoms with Crippen LogP contribution in [0.4, 0.5) is 11.4 Å². The van der Waals surface area contributed by atoms with Crippen molar-refractivity contribution in [2.45, 2.75) is 32.2 Å². The quantitative estimate of drug-likeness (QED) is 0.758. The van der Waals surface area contributed by atoms with E-state index in [0.29, 0.717) is 27.9 Å². The first-order valence-electron chi connectivity index (χ1n) is 8.25. The van der Waals surface area contributed by atoms with Gasteiger partial charge in [-0.3, -0.25) is 9.03 Å². The Bertz CT molecular complexity index is 1080. The first-order valence-corrected chi connectivity index (χ1v) is 11.6. The summed E-state index contributed by atoms with van der Waals surface area (Å²) < 4.78 is 53.8. The van der Waals surface area contributed by atoms with Crippen LogP contribution in [0.5, 0.6) is 0 Å². The van der Waals surface area contributed by atoms with E-state index in [1.165, 1.54) is 11.4 Å². The molecule has 0 saturated carbocycles. The minimum Gasteiger partial charge on any atom is -0.326 e. The van der Waals surface area contributed by atoms with E-state index in [2.05, 4.69) is 4.72 Å². The highest BCUT2D eigenvalue weighted by atomic mass is 32.2. The van der Waals surface area contributed by atoms with Gasteiger partial charge in [0.2, 0.25) is 10.0 Å². The predicted octanol–water partition coefficient (Wildman–Crippen LogP) is 2.27. The highest BCUT2D eigenvalue weighted by Gasteiger charge is 2.29. The number of nitrogens with one attached hydrogen (secondary N) is 1. The van der Waals surface area contributed by atoms with Crippen molar-refractivity contribution in [1.29, 1.82) is 0 Å². The predicted molar refractivity (Wildman–Crippen MR) is 109 cm³/mol. The number of hydrogen-bond acceptors (Lipinski definition) is 5. The Balaban J connectivity index is 2.70. The average molecular weight is 412 g/mol. The van der Waals surface area contributed by atoms with Crippen LogP contribution in [0, 0.1) is 20.8 Å². The number of nitrogens with two attached hydrogens (primary N) is 1.